The first-order valence-electron chi connectivity index (χ1n) is 9.43. The molecular weight excluding hydrogens is 354 g/mol. The molecule has 1 fully saturated rings. The molecule has 140 valence electrons. The number of anilines is 2. The molecule has 1 atom stereocenters. The van der Waals surface area contributed by atoms with Crippen molar-refractivity contribution in [3.63, 3.8) is 0 Å². The second-order valence-corrected chi connectivity index (χ2v) is 8.30. The van der Waals surface area contributed by atoms with E-state index in [9.17, 15) is 4.79 Å². The summed E-state index contributed by atoms with van der Waals surface area (Å²) in [5.41, 5.74) is 5.20. The van der Waals surface area contributed by atoms with Crippen molar-refractivity contribution in [2.75, 3.05) is 34.8 Å². The minimum atomic E-state index is -0.292. The van der Waals surface area contributed by atoms with Crippen LogP contribution in [0.15, 0.2) is 48.7 Å². The molecule has 5 heteroatoms. The number of nitrogens with one attached hydrogen (secondary N) is 2. The van der Waals surface area contributed by atoms with Crippen LogP contribution in [0.25, 0.3) is 10.9 Å². The second-order valence-electron chi connectivity index (χ2n) is 7.08. The van der Waals surface area contributed by atoms with Gasteiger partial charge in [0, 0.05) is 58.6 Å². The van der Waals surface area contributed by atoms with E-state index in [1.54, 1.807) is 0 Å². The van der Waals surface area contributed by atoms with E-state index in [2.05, 4.69) is 40.3 Å². The number of aromatic amines is 1. The fourth-order valence-electron chi connectivity index (χ4n) is 3.64. The lowest BCUT2D eigenvalue weighted by atomic mass is 10.0. The summed E-state index contributed by atoms with van der Waals surface area (Å²) < 4.78 is 0. The van der Waals surface area contributed by atoms with Gasteiger partial charge in [-0.15, -0.1) is 0 Å². The standard InChI is InChI=1S/C22H25N3OS/c1-15-13-17(25-9-11-27-12-10-25)7-8-20(15)24-16(2)22(26)19-14-23-21-6-4-3-5-18(19)21/h3-8,13-14,16,23-24H,9-12H2,1-2H3/t16-/m1/s1. The van der Waals surface area contributed by atoms with E-state index >= 15 is 0 Å². The van der Waals surface area contributed by atoms with Crippen LogP contribution in [0, 0.1) is 6.92 Å². The fraction of sp³-hybridized carbons (Fsp3) is 0.318. The highest BCUT2D eigenvalue weighted by molar-refractivity contribution is 7.99. The van der Waals surface area contributed by atoms with Crippen molar-refractivity contribution in [2.45, 2.75) is 19.9 Å². The number of para-hydroxylation sites is 1. The van der Waals surface area contributed by atoms with Crippen molar-refractivity contribution in [2.24, 2.45) is 0 Å². The first-order chi connectivity index (χ1) is 13.1. The van der Waals surface area contributed by atoms with Crippen molar-refractivity contribution in [3.8, 4) is 0 Å². The third-order valence-corrected chi connectivity index (χ3v) is 6.15. The number of benzene rings is 2. The highest BCUT2D eigenvalue weighted by Crippen LogP contribution is 2.26. The van der Waals surface area contributed by atoms with Crippen LogP contribution in [0.1, 0.15) is 22.8 Å². The van der Waals surface area contributed by atoms with Gasteiger partial charge in [0.25, 0.3) is 0 Å². The van der Waals surface area contributed by atoms with Gasteiger partial charge in [-0.3, -0.25) is 4.79 Å². The molecule has 2 aromatic carbocycles. The number of Topliss-reactive ketones (excluding diaryl/α,β-unsaturated/α-hetero) is 1. The van der Waals surface area contributed by atoms with E-state index in [4.69, 9.17) is 0 Å². The Morgan fingerprint density at radius 2 is 1.96 bits per heavy atom. The van der Waals surface area contributed by atoms with Gasteiger partial charge >= 0.3 is 0 Å². The highest BCUT2D eigenvalue weighted by atomic mass is 32.2. The van der Waals surface area contributed by atoms with Gasteiger partial charge in [-0.2, -0.15) is 11.8 Å². The maximum atomic E-state index is 13.0. The molecular formula is C22H25N3OS. The number of aryl methyl sites for hydroxylation is 1. The maximum absolute atomic E-state index is 13.0. The van der Waals surface area contributed by atoms with Crippen LogP contribution in [0.5, 0.6) is 0 Å². The average Bonchev–Trinajstić information content (AvgIpc) is 3.13. The zero-order valence-electron chi connectivity index (χ0n) is 15.8. The van der Waals surface area contributed by atoms with Gasteiger partial charge in [-0.05, 0) is 43.7 Å². The number of carbonyl (C=O) groups excluding carboxylic acids is 1. The predicted octanol–water partition coefficient (Wildman–Crippen LogP) is 4.71. The number of rotatable bonds is 5. The molecule has 3 aromatic rings. The van der Waals surface area contributed by atoms with E-state index in [-0.39, 0.29) is 11.8 Å². The molecule has 4 nitrogen and oxygen atoms in total. The highest BCUT2D eigenvalue weighted by Gasteiger charge is 2.19. The number of nitrogens with zero attached hydrogens (tertiary/aromatic N) is 1. The smallest absolute Gasteiger partial charge is 0.186 e. The summed E-state index contributed by atoms with van der Waals surface area (Å²) in [5.74, 6) is 2.48. The number of H-pyrrole nitrogens is 1. The molecule has 2 N–H and O–H groups in total. The lowest BCUT2D eigenvalue weighted by Gasteiger charge is -2.29. The third-order valence-electron chi connectivity index (χ3n) is 5.21. The van der Waals surface area contributed by atoms with Crippen molar-refractivity contribution < 1.29 is 4.79 Å². The normalized spacial score (nSPS) is 15.7. The summed E-state index contributed by atoms with van der Waals surface area (Å²) in [5, 5.41) is 4.38. The van der Waals surface area contributed by atoms with Crippen LogP contribution in [0.2, 0.25) is 0 Å². The lowest BCUT2D eigenvalue weighted by molar-refractivity contribution is 0.0977. The van der Waals surface area contributed by atoms with Crippen molar-refractivity contribution in [3.05, 3.63) is 59.8 Å². The Hall–Kier alpha value is -2.40. The van der Waals surface area contributed by atoms with Crippen molar-refractivity contribution in [1.29, 1.82) is 0 Å². The predicted molar refractivity (Wildman–Crippen MR) is 116 cm³/mol. The molecule has 0 bridgehead atoms. The Morgan fingerprint density at radius 1 is 1.19 bits per heavy atom. The SMILES string of the molecule is Cc1cc(N2CCSCC2)ccc1N[C@H](C)C(=O)c1c[nH]c2ccccc12. The molecule has 1 aliphatic rings. The van der Waals surface area contributed by atoms with E-state index in [0.717, 1.165) is 35.2 Å². The molecule has 27 heavy (non-hydrogen) atoms. The molecule has 0 radical (unpaired) electrons. The molecule has 0 spiro atoms. The Bertz CT molecular complexity index is 959. The van der Waals surface area contributed by atoms with Crippen LogP contribution in [-0.4, -0.2) is 41.4 Å². The summed E-state index contributed by atoms with van der Waals surface area (Å²) in [6.45, 7) is 6.24. The number of thioether (sulfide) groups is 1. The van der Waals surface area contributed by atoms with Gasteiger partial charge in [-0.25, -0.2) is 0 Å². The number of hydrogen-bond acceptors (Lipinski definition) is 4. The summed E-state index contributed by atoms with van der Waals surface area (Å²) in [6.07, 6.45) is 1.81. The molecule has 1 saturated heterocycles. The van der Waals surface area contributed by atoms with Gasteiger partial charge in [0.2, 0.25) is 0 Å². The van der Waals surface area contributed by atoms with Crippen LogP contribution in [0.3, 0.4) is 0 Å². The monoisotopic (exact) mass is 379 g/mol. The third kappa shape index (κ3) is 3.69. The Morgan fingerprint density at radius 3 is 2.74 bits per heavy atom. The van der Waals surface area contributed by atoms with Crippen LogP contribution >= 0.6 is 11.8 Å². The largest absolute Gasteiger partial charge is 0.375 e. The van der Waals surface area contributed by atoms with E-state index in [0.29, 0.717) is 0 Å². The molecule has 0 unspecified atom stereocenters. The molecule has 0 amide bonds. The quantitative estimate of drug-likeness (QED) is 0.630. The second kappa shape index (κ2) is 7.69. The Kier molecular flexibility index (Phi) is 5.12. The van der Waals surface area contributed by atoms with Gasteiger partial charge in [-0.1, -0.05) is 18.2 Å². The molecule has 0 saturated carbocycles. The average molecular weight is 380 g/mol. The molecule has 1 aromatic heterocycles. The van der Waals surface area contributed by atoms with Gasteiger partial charge in [0.15, 0.2) is 5.78 Å². The van der Waals surface area contributed by atoms with E-state index in [1.165, 1.54) is 22.8 Å². The minimum absolute atomic E-state index is 0.101. The zero-order valence-corrected chi connectivity index (χ0v) is 16.6. The number of aromatic nitrogens is 1. The van der Waals surface area contributed by atoms with Crippen LogP contribution in [0.4, 0.5) is 11.4 Å². The van der Waals surface area contributed by atoms with E-state index < -0.39 is 0 Å². The number of ketones is 1. The number of fused-ring (bicyclic) bond motifs is 1. The molecule has 1 aliphatic heterocycles. The summed E-state index contributed by atoms with van der Waals surface area (Å²) in [4.78, 5) is 18.6. The van der Waals surface area contributed by atoms with Gasteiger partial charge < -0.3 is 15.2 Å². The minimum Gasteiger partial charge on any atom is -0.375 e. The van der Waals surface area contributed by atoms with Gasteiger partial charge in [0.05, 0.1) is 6.04 Å². The Balaban J connectivity index is 1.50. The van der Waals surface area contributed by atoms with Crippen molar-refractivity contribution >= 4 is 39.8 Å². The van der Waals surface area contributed by atoms with Gasteiger partial charge in [0.1, 0.15) is 0 Å². The lowest BCUT2D eigenvalue weighted by Crippen LogP contribution is -2.32. The summed E-state index contributed by atoms with van der Waals surface area (Å²) >= 11 is 2.02. The van der Waals surface area contributed by atoms with Crippen LogP contribution in [-0.2, 0) is 0 Å². The topological polar surface area (TPSA) is 48.1 Å². The zero-order chi connectivity index (χ0) is 18.8. The first-order valence-corrected chi connectivity index (χ1v) is 10.6. The summed E-state index contributed by atoms with van der Waals surface area (Å²) in [7, 11) is 0. The van der Waals surface area contributed by atoms with E-state index in [1.807, 2.05) is 49.1 Å². The maximum Gasteiger partial charge on any atom is 0.186 e. The number of hydrogen-bond donors (Lipinski definition) is 2. The summed E-state index contributed by atoms with van der Waals surface area (Å²) in [6, 6.07) is 14.1. The fourth-order valence-corrected chi connectivity index (χ4v) is 4.54. The molecule has 4 rings (SSSR count). The van der Waals surface area contributed by atoms with Crippen LogP contribution < -0.4 is 10.2 Å². The van der Waals surface area contributed by atoms with Crippen molar-refractivity contribution in [1.82, 2.24) is 4.98 Å². The molecule has 2 heterocycles. The number of carbonyl (C=O) groups is 1. The Labute approximate surface area is 164 Å². The first kappa shape index (κ1) is 18.0. The molecule has 0 aliphatic carbocycles.